The van der Waals surface area contributed by atoms with E-state index in [0.717, 1.165) is 28.1 Å². The summed E-state index contributed by atoms with van der Waals surface area (Å²) in [6.07, 6.45) is 0. The van der Waals surface area contributed by atoms with Crippen molar-refractivity contribution in [3.63, 3.8) is 0 Å². The van der Waals surface area contributed by atoms with Crippen LogP contribution in [0.2, 0.25) is 5.02 Å². The fourth-order valence-electron chi connectivity index (χ4n) is 3.41. The molecule has 7 heteroatoms. The van der Waals surface area contributed by atoms with Gasteiger partial charge in [-0.1, -0.05) is 68.4 Å². The summed E-state index contributed by atoms with van der Waals surface area (Å²) in [5.74, 6) is 3.02. The van der Waals surface area contributed by atoms with E-state index in [2.05, 4.69) is 55.2 Å². The first-order chi connectivity index (χ1) is 16.3. The number of hydrogen-bond acceptors (Lipinski definition) is 5. The zero-order chi connectivity index (χ0) is 24.1. The molecule has 5 nitrogen and oxygen atoms in total. The highest BCUT2D eigenvalue weighted by Crippen LogP contribution is 2.28. The maximum atomic E-state index is 5.98. The van der Waals surface area contributed by atoms with E-state index in [-0.39, 0.29) is 12.0 Å². The quantitative estimate of drug-likeness (QED) is 0.245. The molecular formula is C27H28ClN3O2S. The lowest BCUT2D eigenvalue weighted by Gasteiger charge is -2.19. The number of benzene rings is 3. The molecule has 0 saturated heterocycles. The van der Waals surface area contributed by atoms with E-state index in [1.165, 1.54) is 11.1 Å². The summed E-state index contributed by atoms with van der Waals surface area (Å²) in [5.41, 5.74) is 3.65. The minimum absolute atomic E-state index is 0.138. The number of halogens is 1. The maximum Gasteiger partial charge on any atom is 0.196 e. The van der Waals surface area contributed by atoms with E-state index < -0.39 is 0 Å². The molecule has 0 amide bonds. The largest absolute Gasteiger partial charge is 0.497 e. The Morgan fingerprint density at radius 2 is 1.50 bits per heavy atom. The van der Waals surface area contributed by atoms with Gasteiger partial charge in [-0.3, -0.25) is 4.57 Å². The monoisotopic (exact) mass is 493 g/mol. The number of hydrogen-bond donors (Lipinski definition) is 0. The first kappa shape index (κ1) is 24.2. The van der Waals surface area contributed by atoms with Crippen molar-refractivity contribution in [3.8, 4) is 17.2 Å². The Kier molecular flexibility index (Phi) is 7.49. The highest BCUT2D eigenvalue weighted by atomic mass is 35.5. The van der Waals surface area contributed by atoms with Crippen LogP contribution in [-0.4, -0.2) is 21.9 Å². The van der Waals surface area contributed by atoms with Crippen molar-refractivity contribution < 1.29 is 9.47 Å². The van der Waals surface area contributed by atoms with Gasteiger partial charge in [0.15, 0.2) is 11.0 Å². The molecular weight excluding hydrogens is 466 g/mol. The van der Waals surface area contributed by atoms with E-state index in [9.17, 15) is 0 Å². The summed E-state index contributed by atoms with van der Waals surface area (Å²) in [6.45, 7) is 6.95. The first-order valence-corrected chi connectivity index (χ1v) is 12.4. The molecule has 0 aliphatic carbocycles. The van der Waals surface area contributed by atoms with Crippen molar-refractivity contribution in [2.45, 2.75) is 43.7 Å². The van der Waals surface area contributed by atoms with Crippen molar-refractivity contribution in [2.75, 3.05) is 7.11 Å². The van der Waals surface area contributed by atoms with Crippen molar-refractivity contribution in [1.29, 1.82) is 0 Å². The smallest absolute Gasteiger partial charge is 0.196 e. The molecule has 0 atom stereocenters. The van der Waals surface area contributed by atoms with Gasteiger partial charge in [0.05, 0.1) is 7.11 Å². The second-order valence-electron chi connectivity index (χ2n) is 8.91. The molecule has 0 aliphatic heterocycles. The molecule has 0 N–H and O–H groups in total. The predicted octanol–water partition coefficient (Wildman–Crippen LogP) is 7.10. The summed E-state index contributed by atoms with van der Waals surface area (Å²) in [4.78, 5) is 0. The molecule has 0 saturated carbocycles. The highest BCUT2D eigenvalue weighted by molar-refractivity contribution is 7.98. The van der Waals surface area contributed by atoms with Gasteiger partial charge in [-0.25, -0.2) is 0 Å². The fraction of sp³-hybridized carbons (Fsp3) is 0.259. The molecule has 176 valence electrons. The van der Waals surface area contributed by atoms with E-state index >= 15 is 0 Å². The Bertz CT molecular complexity index is 1210. The molecule has 0 aliphatic rings. The Balaban J connectivity index is 1.56. The summed E-state index contributed by atoms with van der Waals surface area (Å²) < 4.78 is 13.3. The Hall–Kier alpha value is -2.96. The zero-order valence-electron chi connectivity index (χ0n) is 19.8. The van der Waals surface area contributed by atoms with Gasteiger partial charge >= 0.3 is 0 Å². The number of rotatable bonds is 8. The normalized spacial score (nSPS) is 11.4. The van der Waals surface area contributed by atoms with E-state index in [4.69, 9.17) is 21.1 Å². The van der Waals surface area contributed by atoms with Crippen molar-refractivity contribution >= 4 is 23.4 Å². The summed E-state index contributed by atoms with van der Waals surface area (Å²) in [7, 11) is 1.66. The minimum atomic E-state index is 0.138. The molecule has 0 unspecified atom stereocenters. The van der Waals surface area contributed by atoms with Crippen LogP contribution < -0.4 is 9.47 Å². The molecule has 3 aromatic carbocycles. The van der Waals surface area contributed by atoms with Crippen molar-refractivity contribution in [1.82, 2.24) is 14.8 Å². The highest BCUT2D eigenvalue weighted by Gasteiger charge is 2.17. The van der Waals surface area contributed by atoms with Gasteiger partial charge in [-0.2, -0.15) is 0 Å². The van der Waals surface area contributed by atoms with Crippen LogP contribution in [0.15, 0.2) is 78.0 Å². The van der Waals surface area contributed by atoms with Gasteiger partial charge in [0.25, 0.3) is 0 Å². The van der Waals surface area contributed by atoms with Gasteiger partial charge in [0.1, 0.15) is 18.1 Å². The van der Waals surface area contributed by atoms with Crippen LogP contribution in [0.1, 0.15) is 37.7 Å². The second-order valence-corrected chi connectivity index (χ2v) is 10.3. The molecule has 1 heterocycles. The summed E-state index contributed by atoms with van der Waals surface area (Å²) in [5, 5.41) is 10.4. The van der Waals surface area contributed by atoms with Crippen LogP contribution in [0.3, 0.4) is 0 Å². The molecule has 0 bridgehead atoms. The number of thioether (sulfide) groups is 1. The molecule has 4 rings (SSSR count). The topological polar surface area (TPSA) is 49.2 Å². The van der Waals surface area contributed by atoms with Crippen LogP contribution in [0.4, 0.5) is 0 Å². The Morgan fingerprint density at radius 1 is 0.853 bits per heavy atom. The molecule has 0 fully saturated rings. The third-order valence-corrected chi connectivity index (χ3v) is 6.65. The average Bonchev–Trinajstić information content (AvgIpc) is 3.25. The minimum Gasteiger partial charge on any atom is -0.497 e. The van der Waals surface area contributed by atoms with Crippen LogP contribution in [-0.2, 0) is 17.8 Å². The van der Waals surface area contributed by atoms with Gasteiger partial charge < -0.3 is 9.47 Å². The van der Waals surface area contributed by atoms with Crippen LogP contribution in [0, 0.1) is 0 Å². The Morgan fingerprint density at radius 3 is 2.12 bits per heavy atom. The van der Waals surface area contributed by atoms with E-state index in [1.807, 2.05) is 41.0 Å². The summed E-state index contributed by atoms with van der Waals surface area (Å²) >= 11 is 7.63. The molecule has 4 aromatic rings. The third kappa shape index (κ3) is 5.93. The molecule has 0 radical (unpaired) electrons. The lowest BCUT2D eigenvalue weighted by atomic mass is 9.87. The first-order valence-electron chi connectivity index (χ1n) is 11.0. The van der Waals surface area contributed by atoms with Crippen molar-refractivity contribution in [2.24, 2.45) is 0 Å². The van der Waals surface area contributed by atoms with Gasteiger partial charge in [-0.05, 0) is 65.1 Å². The molecule has 1 aromatic heterocycles. The lowest BCUT2D eigenvalue weighted by molar-refractivity contribution is 0.293. The van der Waals surface area contributed by atoms with Crippen LogP contribution in [0.25, 0.3) is 5.69 Å². The fourth-order valence-corrected chi connectivity index (χ4v) is 4.46. The zero-order valence-corrected chi connectivity index (χ0v) is 21.4. The van der Waals surface area contributed by atoms with E-state index in [1.54, 1.807) is 31.0 Å². The number of ether oxygens (including phenoxy) is 2. The van der Waals surface area contributed by atoms with E-state index in [0.29, 0.717) is 10.8 Å². The summed E-state index contributed by atoms with van der Waals surface area (Å²) in [6, 6.07) is 23.9. The number of aromatic nitrogens is 3. The van der Waals surface area contributed by atoms with Crippen molar-refractivity contribution in [3.05, 3.63) is 94.8 Å². The lowest BCUT2D eigenvalue weighted by Crippen LogP contribution is -2.10. The maximum absolute atomic E-state index is 5.98. The third-order valence-electron chi connectivity index (χ3n) is 5.40. The SMILES string of the molecule is COc1ccc(-n2c(COc3ccc(Cl)cc3)nnc2SCc2ccc(C(C)(C)C)cc2)cc1. The second kappa shape index (κ2) is 10.5. The van der Waals surface area contributed by atoms with Gasteiger partial charge in [0.2, 0.25) is 0 Å². The Labute approximate surface area is 210 Å². The van der Waals surface area contributed by atoms with Crippen LogP contribution in [0.5, 0.6) is 11.5 Å². The van der Waals surface area contributed by atoms with Gasteiger partial charge in [0, 0.05) is 16.5 Å². The number of methoxy groups -OCH3 is 1. The standard InChI is InChI=1S/C27H28ClN3O2S/c1-27(2,3)20-7-5-19(6-8-20)18-34-26-30-29-25(17-33-24-13-9-21(28)10-14-24)31(26)22-11-15-23(32-4)16-12-22/h5-16H,17-18H2,1-4H3. The molecule has 34 heavy (non-hydrogen) atoms. The predicted molar refractivity (Wildman–Crippen MR) is 138 cm³/mol. The van der Waals surface area contributed by atoms with Crippen LogP contribution >= 0.6 is 23.4 Å². The number of nitrogens with zero attached hydrogens (tertiary/aromatic N) is 3. The molecule has 0 spiro atoms. The van der Waals surface area contributed by atoms with Gasteiger partial charge in [-0.15, -0.1) is 10.2 Å². The average molecular weight is 494 g/mol.